The predicted octanol–water partition coefficient (Wildman–Crippen LogP) is 2.64. The number of likely N-dealkylation sites (N-methyl/N-ethyl adjacent to an activating group) is 1. The zero-order valence-electron chi connectivity index (χ0n) is 8.93. The number of rotatable bonds is 3. The van der Waals surface area contributed by atoms with Crippen molar-refractivity contribution in [1.29, 1.82) is 0 Å². The third-order valence-corrected chi connectivity index (χ3v) is 2.60. The number of hydrogen-bond donors (Lipinski definition) is 1. The Balaban J connectivity index is 2.47. The van der Waals surface area contributed by atoms with Gasteiger partial charge in [0.15, 0.2) is 11.4 Å². The van der Waals surface area contributed by atoms with Gasteiger partial charge in [0.1, 0.15) is 0 Å². The van der Waals surface area contributed by atoms with Gasteiger partial charge in [-0.15, -0.1) is 0 Å². The lowest BCUT2D eigenvalue weighted by molar-refractivity contribution is 0.553. The van der Waals surface area contributed by atoms with Crippen molar-refractivity contribution >= 4 is 11.0 Å². The summed E-state index contributed by atoms with van der Waals surface area (Å²) in [5, 5.41) is 3.94. The Hall–Kier alpha value is -1.35. The van der Waals surface area contributed by atoms with Crippen LogP contribution in [0.15, 0.2) is 22.8 Å². The van der Waals surface area contributed by atoms with Crippen molar-refractivity contribution in [2.24, 2.45) is 0 Å². The molecular weight excluding hydrogens is 193 g/mol. The van der Waals surface area contributed by atoms with Crippen molar-refractivity contribution in [2.75, 3.05) is 13.6 Å². The van der Waals surface area contributed by atoms with E-state index in [2.05, 4.69) is 5.32 Å². The third-order valence-electron chi connectivity index (χ3n) is 2.60. The van der Waals surface area contributed by atoms with E-state index in [9.17, 15) is 4.39 Å². The van der Waals surface area contributed by atoms with Gasteiger partial charge in [-0.05, 0) is 38.1 Å². The minimum atomic E-state index is -0.247. The summed E-state index contributed by atoms with van der Waals surface area (Å²) in [4.78, 5) is 0. The molecule has 0 aliphatic carbocycles. The van der Waals surface area contributed by atoms with Gasteiger partial charge in [0.05, 0.1) is 6.26 Å². The summed E-state index contributed by atoms with van der Waals surface area (Å²) in [5.74, 6) is -0.247. The first-order chi connectivity index (χ1) is 7.24. The molecule has 0 atom stereocenters. The summed E-state index contributed by atoms with van der Waals surface area (Å²) >= 11 is 0. The second-order valence-corrected chi connectivity index (χ2v) is 3.69. The lowest BCUT2D eigenvalue weighted by Crippen LogP contribution is -2.09. The molecule has 80 valence electrons. The first kappa shape index (κ1) is 10.2. The second kappa shape index (κ2) is 4.03. The number of benzene rings is 1. The van der Waals surface area contributed by atoms with E-state index < -0.39 is 0 Å². The van der Waals surface area contributed by atoms with Crippen LogP contribution in [0.4, 0.5) is 4.39 Å². The first-order valence-electron chi connectivity index (χ1n) is 5.04. The van der Waals surface area contributed by atoms with Crippen LogP contribution in [0, 0.1) is 12.7 Å². The van der Waals surface area contributed by atoms with Gasteiger partial charge in [-0.2, -0.15) is 0 Å². The normalized spacial score (nSPS) is 11.1. The highest BCUT2D eigenvalue weighted by Gasteiger charge is 2.11. The molecule has 0 radical (unpaired) electrons. The zero-order valence-corrected chi connectivity index (χ0v) is 8.93. The van der Waals surface area contributed by atoms with Crippen molar-refractivity contribution in [2.45, 2.75) is 13.3 Å². The molecule has 1 heterocycles. The molecule has 3 heteroatoms. The summed E-state index contributed by atoms with van der Waals surface area (Å²) in [6, 6.07) is 3.71. The Morgan fingerprint density at radius 1 is 1.40 bits per heavy atom. The lowest BCUT2D eigenvalue weighted by Gasteiger charge is -1.99. The molecule has 0 saturated carbocycles. The van der Waals surface area contributed by atoms with Crippen LogP contribution in [0.2, 0.25) is 0 Å². The average molecular weight is 207 g/mol. The van der Waals surface area contributed by atoms with Gasteiger partial charge < -0.3 is 9.73 Å². The van der Waals surface area contributed by atoms with Gasteiger partial charge in [-0.25, -0.2) is 4.39 Å². The molecule has 15 heavy (non-hydrogen) atoms. The standard InChI is InChI=1S/C12H14FNO/c1-8-3-4-10-9(5-6-14-2)7-15-12(10)11(8)13/h3-4,7,14H,5-6H2,1-2H3. The fourth-order valence-corrected chi connectivity index (χ4v) is 1.67. The molecule has 1 aromatic carbocycles. The SMILES string of the molecule is CNCCc1coc2c(F)c(C)ccc12. The molecular formula is C12H14FNO. The Morgan fingerprint density at radius 2 is 2.20 bits per heavy atom. The number of aryl methyl sites for hydroxylation is 1. The molecule has 0 saturated heterocycles. The number of halogens is 1. The largest absolute Gasteiger partial charge is 0.461 e. The number of furan rings is 1. The maximum absolute atomic E-state index is 13.6. The molecule has 0 aliphatic heterocycles. The lowest BCUT2D eigenvalue weighted by atomic mass is 10.1. The Kier molecular flexibility index (Phi) is 2.73. The predicted molar refractivity (Wildman–Crippen MR) is 58.5 cm³/mol. The van der Waals surface area contributed by atoms with Crippen LogP contribution in [0.5, 0.6) is 0 Å². The van der Waals surface area contributed by atoms with Gasteiger partial charge in [-0.3, -0.25) is 0 Å². The van der Waals surface area contributed by atoms with Crippen LogP contribution in [0.25, 0.3) is 11.0 Å². The van der Waals surface area contributed by atoms with Crippen LogP contribution in [-0.4, -0.2) is 13.6 Å². The monoisotopic (exact) mass is 207 g/mol. The van der Waals surface area contributed by atoms with E-state index in [0.29, 0.717) is 11.1 Å². The molecule has 0 bridgehead atoms. The van der Waals surface area contributed by atoms with E-state index >= 15 is 0 Å². The van der Waals surface area contributed by atoms with E-state index in [-0.39, 0.29) is 5.82 Å². The number of hydrogen-bond acceptors (Lipinski definition) is 2. The van der Waals surface area contributed by atoms with E-state index in [4.69, 9.17) is 4.42 Å². The fraction of sp³-hybridized carbons (Fsp3) is 0.333. The maximum atomic E-state index is 13.6. The molecule has 1 aromatic heterocycles. The summed E-state index contributed by atoms with van der Waals surface area (Å²) in [7, 11) is 1.90. The topological polar surface area (TPSA) is 25.2 Å². The summed E-state index contributed by atoms with van der Waals surface area (Å²) in [5.41, 5.74) is 2.05. The first-order valence-corrected chi connectivity index (χ1v) is 5.04. The van der Waals surface area contributed by atoms with Gasteiger partial charge in [0.25, 0.3) is 0 Å². The van der Waals surface area contributed by atoms with Crippen molar-refractivity contribution < 1.29 is 8.81 Å². The summed E-state index contributed by atoms with van der Waals surface area (Å²) in [6.07, 6.45) is 2.50. The summed E-state index contributed by atoms with van der Waals surface area (Å²) < 4.78 is 18.9. The minimum absolute atomic E-state index is 0.247. The van der Waals surface area contributed by atoms with E-state index in [1.165, 1.54) is 0 Å². The molecule has 2 aromatic rings. The highest BCUT2D eigenvalue weighted by molar-refractivity contribution is 5.82. The van der Waals surface area contributed by atoms with Crippen LogP contribution in [0.3, 0.4) is 0 Å². The van der Waals surface area contributed by atoms with Crippen LogP contribution in [-0.2, 0) is 6.42 Å². The molecule has 1 N–H and O–H groups in total. The van der Waals surface area contributed by atoms with Crippen molar-refractivity contribution in [1.82, 2.24) is 5.32 Å². The van der Waals surface area contributed by atoms with Crippen LogP contribution >= 0.6 is 0 Å². The quantitative estimate of drug-likeness (QED) is 0.837. The highest BCUT2D eigenvalue weighted by Crippen LogP contribution is 2.25. The fourth-order valence-electron chi connectivity index (χ4n) is 1.67. The number of fused-ring (bicyclic) bond motifs is 1. The zero-order chi connectivity index (χ0) is 10.8. The molecule has 0 fully saturated rings. The molecule has 2 rings (SSSR count). The maximum Gasteiger partial charge on any atom is 0.170 e. The second-order valence-electron chi connectivity index (χ2n) is 3.69. The highest BCUT2D eigenvalue weighted by atomic mass is 19.1. The Labute approximate surface area is 88.1 Å². The van der Waals surface area contributed by atoms with Gasteiger partial charge in [0, 0.05) is 5.39 Å². The van der Waals surface area contributed by atoms with E-state index in [1.807, 2.05) is 13.1 Å². The molecule has 0 aliphatic rings. The average Bonchev–Trinajstić information content (AvgIpc) is 2.64. The Morgan fingerprint density at radius 3 is 2.93 bits per heavy atom. The van der Waals surface area contributed by atoms with Gasteiger partial charge in [-0.1, -0.05) is 12.1 Å². The van der Waals surface area contributed by atoms with Gasteiger partial charge in [0.2, 0.25) is 0 Å². The molecule has 0 unspecified atom stereocenters. The smallest absolute Gasteiger partial charge is 0.170 e. The number of nitrogens with one attached hydrogen (secondary N) is 1. The molecule has 0 spiro atoms. The minimum Gasteiger partial charge on any atom is -0.461 e. The molecule has 0 amide bonds. The van der Waals surface area contributed by atoms with E-state index in [0.717, 1.165) is 23.9 Å². The van der Waals surface area contributed by atoms with Crippen LogP contribution in [0.1, 0.15) is 11.1 Å². The van der Waals surface area contributed by atoms with E-state index in [1.54, 1.807) is 19.3 Å². The third kappa shape index (κ3) is 1.75. The summed E-state index contributed by atoms with van der Waals surface area (Å²) in [6.45, 7) is 2.61. The van der Waals surface area contributed by atoms with Crippen molar-refractivity contribution in [3.63, 3.8) is 0 Å². The van der Waals surface area contributed by atoms with Gasteiger partial charge >= 0.3 is 0 Å². The Bertz CT molecular complexity index is 476. The van der Waals surface area contributed by atoms with Crippen LogP contribution < -0.4 is 5.32 Å². The van der Waals surface area contributed by atoms with Crippen molar-refractivity contribution in [3.8, 4) is 0 Å². The molecule has 2 nitrogen and oxygen atoms in total. The van der Waals surface area contributed by atoms with Crippen molar-refractivity contribution in [3.05, 3.63) is 35.3 Å².